The lowest BCUT2D eigenvalue weighted by atomic mass is 9.79. The second kappa shape index (κ2) is 10.6. The molecular formula is C36H30FN5O3. The van der Waals surface area contributed by atoms with E-state index in [0.717, 1.165) is 16.7 Å². The maximum Gasteiger partial charge on any atom is 0.275 e. The molecule has 2 aliphatic heterocycles. The quantitative estimate of drug-likeness (QED) is 0.310. The number of hydrogen-bond donors (Lipinski definition) is 2. The van der Waals surface area contributed by atoms with Crippen LogP contribution in [0.1, 0.15) is 47.2 Å². The van der Waals surface area contributed by atoms with E-state index in [1.54, 1.807) is 49.5 Å². The van der Waals surface area contributed by atoms with Crippen LogP contribution in [0.2, 0.25) is 0 Å². The highest BCUT2D eigenvalue weighted by molar-refractivity contribution is 6.47. The van der Waals surface area contributed by atoms with Crippen LogP contribution in [0.3, 0.4) is 0 Å². The molecule has 9 heteroatoms. The number of aliphatic imine (C=N–C) groups is 1. The molecule has 1 aliphatic carbocycles. The van der Waals surface area contributed by atoms with Crippen LogP contribution in [0, 0.1) is 5.82 Å². The average Bonchev–Trinajstić information content (AvgIpc) is 3.63. The first-order valence-electron chi connectivity index (χ1n) is 14.8. The fourth-order valence-electron chi connectivity index (χ4n) is 6.75. The number of halogens is 1. The molecule has 3 aromatic carbocycles. The van der Waals surface area contributed by atoms with Crippen molar-refractivity contribution in [3.63, 3.8) is 0 Å². The second-order valence-electron chi connectivity index (χ2n) is 11.8. The van der Waals surface area contributed by atoms with E-state index < -0.39 is 28.7 Å². The Kier molecular flexibility index (Phi) is 6.69. The number of hydrogen-bond acceptors (Lipinski definition) is 5. The number of fused-ring (bicyclic) bond motifs is 3. The van der Waals surface area contributed by atoms with Crippen molar-refractivity contribution in [2.75, 3.05) is 17.2 Å². The molecule has 0 bridgehead atoms. The number of amides is 3. The van der Waals surface area contributed by atoms with Crippen molar-refractivity contribution in [2.45, 2.75) is 37.8 Å². The summed E-state index contributed by atoms with van der Waals surface area (Å²) in [5.41, 5.74) is 3.28. The van der Waals surface area contributed by atoms with Crippen LogP contribution in [0.5, 0.6) is 0 Å². The van der Waals surface area contributed by atoms with Crippen LogP contribution < -0.4 is 10.6 Å². The molecule has 1 spiro atoms. The zero-order valence-corrected chi connectivity index (χ0v) is 24.8. The molecule has 1 aromatic heterocycles. The number of anilines is 2. The maximum absolute atomic E-state index is 14.8. The molecular weight excluding hydrogens is 569 g/mol. The van der Waals surface area contributed by atoms with Crippen LogP contribution in [-0.4, -0.2) is 39.9 Å². The molecule has 1 unspecified atom stereocenters. The number of aromatic nitrogens is 1. The minimum absolute atomic E-state index is 0.0750. The summed E-state index contributed by atoms with van der Waals surface area (Å²) in [6, 6.07) is 23.0. The van der Waals surface area contributed by atoms with Gasteiger partial charge in [0, 0.05) is 28.6 Å². The fourth-order valence-corrected chi connectivity index (χ4v) is 6.75. The van der Waals surface area contributed by atoms with Gasteiger partial charge in [-0.1, -0.05) is 54.6 Å². The highest BCUT2D eigenvalue weighted by atomic mass is 19.1. The maximum atomic E-state index is 14.8. The highest BCUT2D eigenvalue weighted by Gasteiger charge is 2.51. The largest absolute Gasteiger partial charge is 0.325 e. The molecule has 7 rings (SSSR count). The summed E-state index contributed by atoms with van der Waals surface area (Å²) >= 11 is 0. The van der Waals surface area contributed by atoms with E-state index in [9.17, 15) is 18.8 Å². The summed E-state index contributed by atoms with van der Waals surface area (Å²) in [6.07, 6.45) is 6.27. The van der Waals surface area contributed by atoms with Crippen LogP contribution in [0.25, 0.3) is 6.08 Å². The number of carbonyl (C=O) groups is 3. The van der Waals surface area contributed by atoms with Gasteiger partial charge >= 0.3 is 0 Å². The van der Waals surface area contributed by atoms with Crippen molar-refractivity contribution in [2.24, 2.45) is 4.99 Å². The van der Waals surface area contributed by atoms with E-state index >= 15 is 0 Å². The van der Waals surface area contributed by atoms with Gasteiger partial charge in [-0.2, -0.15) is 0 Å². The molecule has 3 amide bonds. The van der Waals surface area contributed by atoms with Crippen molar-refractivity contribution in [1.82, 2.24) is 9.88 Å². The van der Waals surface area contributed by atoms with Crippen molar-refractivity contribution < 1.29 is 18.8 Å². The molecule has 4 aromatic rings. The zero-order valence-electron chi connectivity index (χ0n) is 24.8. The van der Waals surface area contributed by atoms with E-state index in [1.807, 2.05) is 49.4 Å². The van der Waals surface area contributed by atoms with E-state index in [0.29, 0.717) is 41.0 Å². The van der Waals surface area contributed by atoms with Crippen molar-refractivity contribution >= 4 is 41.0 Å². The normalized spacial score (nSPS) is 21.7. The Morgan fingerprint density at radius 2 is 1.82 bits per heavy atom. The third-order valence-corrected chi connectivity index (χ3v) is 8.94. The summed E-state index contributed by atoms with van der Waals surface area (Å²) in [4.78, 5) is 51.1. The molecule has 224 valence electrons. The van der Waals surface area contributed by atoms with Crippen LogP contribution in [0.15, 0.2) is 96.1 Å². The Morgan fingerprint density at radius 3 is 2.62 bits per heavy atom. The Bertz CT molecular complexity index is 1960. The molecule has 8 nitrogen and oxygen atoms in total. The summed E-state index contributed by atoms with van der Waals surface area (Å²) in [5, 5.41) is 5.84. The van der Waals surface area contributed by atoms with Crippen LogP contribution >= 0.6 is 0 Å². The molecule has 0 saturated carbocycles. The zero-order chi connectivity index (χ0) is 31.3. The predicted octanol–water partition coefficient (Wildman–Crippen LogP) is 5.39. The van der Waals surface area contributed by atoms with Gasteiger partial charge in [0.2, 0.25) is 11.8 Å². The topological polar surface area (TPSA) is 104 Å². The summed E-state index contributed by atoms with van der Waals surface area (Å²) < 4.78 is 14.8. The van der Waals surface area contributed by atoms with Gasteiger partial charge in [-0.3, -0.25) is 19.3 Å². The first-order chi connectivity index (χ1) is 21.7. The van der Waals surface area contributed by atoms with Crippen molar-refractivity contribution in [1.29, 1.82) is 0 Å². The molecule has 2 atom stereocenters. The van der Waals surface area contributed by atoms with Gasteiger partial charge in [-0.15, -0.1) is 0 Å². The van der Waals surface area contributed by atoms with Gasteiger partial charge in [0.25, 0.3) is 5.91 Å². The van der Waals surface area contributed by atoms with Gasteiger partial charge in [-0.25, -0.2) is 14.4 Å². The first-order valence-corrected chi connectivity index (χ1v) is 14.8. The van der Waals surface area contributed by atoms with Crippen LogP contribution in [-0.2, 0) is 38.3 Å². The molecule has 3 heterocycles. The summed E-state index contributed by atoms with van der Waals surface area (Å²) in [5.74, 6) is -0.798. The van der Waals surface area contributed by atoms with E-state index in [1.165, 1.54) is 17.0 Å². The molecule has 3 aliphatic rings. The predicted molar refractivity (Wildman–Crippen MR) is 170 cm³/mol. The van der Waals surface area contributed by atoms with Crippen LogP contribution in [0.4, 0.5) is 15.9 Å². The molecule has 45 heavy (non-hydrogen) atoms. The number of nitrogens with zero attached hydrogens (tertiary/aromatic N) is 3. The van der Waals surface area contributed by atoms with E-state index in [2.05, 4.69) is 15.6 Å². The fraction of sp³-hybridized carbons (Fsp3) is 0.194. The number of allylic oxidation sites excluding steroid dienone is 1. The van der Waals surface area contributed by atoms with Crippen molar-refractivity contribution in [3.05, 3.63) is 130 Å². The lowest BCUT2D eigenvalue weighted by Gasteiger charge is -2.33. The van der Waals surface area contributed by atoms with Crippen molar-refractivity contribution in [3.8, 4) is 0 Å². The Balaban J connectivity index is 1.16. The van der Waals surface area contributed by atoms with Gasteiger partial charge in [0.15, 0.2) is 5.66 Å². The van der Waals surface area contributed by atoms with E-state index in [4.69, 9.17) is 4.99 Å². The number of benzene rings is 3. The average molecular weight is 600 g/mol. The first kappa shape index (κ1) is 28.3. The number of carbonyl (C=O) groups excluding carboxylic acids is 3. The van der Waals surface area contributed by atoms with Gasteiger partial charge in [0.05, 0.1) is 5.41 Å². The second-order valence-corrected chi connectivity index (χ2v) is 11.8. The molecule has 0 saturated heterocycles. The lowest BCUT2D eigenvalue weighted by molar-refractivity contribution is -0.132. The summed E-state index contributed by atoms with van der Waals surface area (Å²) in [7, 11) is 0. The molecule has 0 fully saturated rings. The molecule has 2 N–H and O–H groups in total. The number of rotatable bonds is 6. The Morgan fingerprint density at radius 1 is 1.02 bits per heavy atom. The minimum atomic E-state index is -1.33. The number of pyridine rings is 1. The van der Waals surface area contributed by atoms with E-state index in [-0.39, 0.29) is 18.2 Å². The summed E-state index contributed by atoms with van der Waals surface area (Å²) in [6.45, 7) is 3.24. The highest BCUT2D eigenvalue weighted by Crippen LogP contribution is 2.47. The minimum Gasteiger partial charge on any atom is -0.325 e. The Labute approximate surface area is 259 Å². The third-order valence-electron chi connectivity index (χ3n) is 8.94. The monoisotopic (exact) mass is 599 g/mol. The molecule has 0 radical (unpaired) electrons. The van der Waals surface area contributed by atoms with Gasteiger partial charge in [-0.05, 0) is 79.8 Å². The third kappa shape index (κ3) is 4.71. The van der Waals surface area contributed by atoms with Gasteiger partial charge in [0.1, 0.15) is 23.9 Å². The lowest BCUT2D eigenvalue weighted by Crippen LogP contribution is -2.47. The SMILES string of the molecule is C/C=C/c1cc(F)cc([C@@]2(C)N=C(c3ccccc3)C(=O)N2CC(=O)Nc2ccc3c(c2)CC2(C3)C(=O)Nc3ncccc32)c1. The number of nitrogens with one attached hydrogen (secondary N) is 2. The standard InChI is InChI=1S/C36H30FN5O3/c1-3-8-22-15-26(18-27(37)16-22)35(2)41-31(23-9-5-4-6-10-23)33(44)42(35)21-30(43)39-28-13-12-24-19-36(20-25(24)17-28)29-11-7-14-38-32(29)40-34(36)45/h3-18H,19-21H2,1-2H3,(H,39,43)(H,38,40,45)/b8-3+/t35-,36?/m0/s1. The van der Waals surface area contributed by atoms with Gasteiger partial charge < -0.3 is 10.6 Å². The smallest absolute Gasteiger partial charge is 0.275 e. The Hall–Kier alpha value is -5.44.